The van der Waals surface area contributed by atoms with Crippen LogP contribution in [0.5, 0.6) is 5.75 Å². The van der Waals surface area contributed by atoms with E-state index in [0.29, 0.717) is 6.61 Å². The molecule has 112 valence electrons. The second-order valence-electron chi connectivity index (χ2n) is 4.94. The van der Waals surface area contributed by atoms with Crippen molar-refractivity contribution in [3.63, 3.8) is 0 Å². The van der Waals surface area contributed by atoms with Crippen LogP contribution in [0.3, 0.4) is 0 Å². The lowest BCUT2D eigenvalue weighted by molar-refractivity contribution is 0.334. The molecule has 2 nitrogen and oxygen atoms in total. The zero-order valence-corrected chi connectivity index (χ0v) is 14.0. The van der Waals surface area contributed by atoms with Gasteiger partial charge in [0.1, 0.15) is 5.75 Å². The lowest BCUT2D eigenvalue weighted by Gasteiger charge is -2.23. The Morgan fingerprint density at radius 2 is 1.90 bits per heavy atom. The highest BCUT2D eigenvalue weighted by molar-refractivity contribution is 7.98. The van der Waals surface area contributed by atoms with Crippen LogP contribution in [0.25, 0.3) is 0 Å². The molecule has 0 bridgehead atoms. The van der Waals surface area contributed by atoms with Crippen LogP contribution in [-0.2, 0) is 0 Å². The topological polar surface area (TPSA) is 21.3 Å². The molecule has 1 N–H and O–H groups in total. The lowest BCUT2D eigenvalue weighted by Crippen LogP contribution is -2.19. The molecule has 0 amide bonds. The van der Waals surface area contributed by atoms with E-state index in [1.807, 2.05) is 14.0 Å². The van der Waals surface area contributed by atoms with Crippen LogP contribution in [0.2, 0.25) is 0 Å². The molecule has 0 fully saturated rings. The molecule has 2 rings (SSSR count). The maximum atomic E-state index is 5.82. The van der Waals surface area contributed by atoms with Crippen molar-refractivity contribution >= 4 is 11.8 Å². The van der Waals surface area contributed by atoms with Gasteiger partial charge >= 0.3 is 0 Å². The monoisotopic (exact) mass is 301 g/mol. The van der Waals surface area contributed by atoms with Gasteiger partial charge in [0.05, 0.1) is 12.6 Å². The van der Waals surface area contributed by atoms with E-state index in [-0.39, 0.29) is 6.04 Å². The third-order valence-corrected chi connectivity index (χ3v) is 4.33. The molecule has 21 heavy (non-hydrogen) atoms. The standard InChI is InChI=1S/C18H23NOS/c1-5-20-16-11-10-13(2)12-15(16)18(19-3)14-8-6-7-9-17(14)21-4/h6-12,18-19H,5H2,1-4H3. The Bertz CT molecular complexity index is 598. The fourth-order valence-corrected chi connectivity index (χ4v) is 3.20. The molecule has 0 aromatic heterocycles. The van der Waals surface area contributed by atoms with E-state index in [0.717, 1.165) is 5.75 Å². The SMILES string of the molecule is CCOc1ccc(C)cc1C(NC)c1ccccc1SC. The average molecular weight is 301 g/mol. The molecule has 0 saturated carbocycles. The van der Waals surface area contributed by atoms with Crippen LogP contribution in [0.4, 0.5) is 0 Å². The first-order valence-corrected chi connectivity index (χ1v) is 8.47. The summed E-state index contributed by atoms with van der Waals surface area (Å²) in [4.78, 5) is 1.29. The highest BCUT2D eigenvalue weighted by Crippen LogP contribution is 2.35. The van der Waals surface area contributed by atoms with Crippen molar-refractivity contribution in [1.29, 1.82) is 0 Å². The van der Waals surface area contributed by atoms with E-state index in [1.54, 1.807) is 11.8 Å². The maximum Gasteiger partial charge on any atom is 0.124 e. The van der Waals surface area contributed by atoms with E-state index in [2.05, 4.69) is 61.0 Å². The molecule has 2 aromatic carbocycles. The quantitative estimate of drug-likeness (QED) is 0.798. The number of hydrogen-bond donors (Lipinski definition) is 1. The van der Waals surface area contributed by atoms with Gasteiger partial charge in [0.25, 0.3) is 0 Å². The summed E-state index contributed by atoms with van der Waals surface area (Å²) < 4.78 is 5.82. The number of hydrogen-bond acceptors (Lipinski definition) is 3. The Labute approximate surface area is 131 Å². The van der Waals surface area contributed by atoms with Crippen molar-refractivity contribution in [3.05, 3.63) is 59.2 Å². The zero-order valence-electron chi connectivity index (χ0n) is 13.1. The molecular formula is C18H23NOS. The van der Waals surface area contributed by atoms with Crippen molar-refractivity contribution in [3.8, 4) is 5.75 Å². The van der Waals surface area contributed by atoms with Gasteiger partial charge in [-0.05, 0) is 44.8 Å². The Kier molecular flexibility index (Phi) is 5.71. The van der Waals surface area contributed by atoms with Crippen LogP contribution < -0.4 is 10.1 Å². The number of aryl methyl sites for hydroxylation is 1. The molecule has 3 heteroatoms. The van der Waals surface area contributed by atoms with Crippen molar-refractivity contribution in [2.45, 2.75) is 24.8 Å². The predicted molar refractivity (Wildman–Crippen MR) is 91.5 cm³/mol. The minimum Gasteiger partial charge on any atom is -0.494 e. The van der Waals surface area contributed by atoms with Gasteiger partial charge in [-0.1, -0.05) is 35.9 Å². The van der Waals surface area contributed by atoms with Gasteiger partial charge in [-0.15, -0.1) is 11.8 Å². The van der Waals surface area contributed by atoms with Gasteiger partial charge in [0, 0.05) is 10.5 Å². The van der Waals surface area contributed by atoms with E-state index < -0.39 is 0 Å². The highest BCUT2D eigenvalue weighted by atomic mass is 32.2. The lowest BCUT2D eigenvalue weighted by atomic mass is 9.96. The summed E-state index contributed by atoms with van der Waals surface area (Å²) in [5.74, 6) is 0.957. The normalized spacial score (nSPS) is 12.2. The molecule has 0 radical (unpaired) electrons. The van der Waals surface area contributed by atoms with E-state index >= 15 is 0 Å². The number of rotatable bonds is 6. The minimum absolute atomic E-state index is 0.134. The fourth-order valence-electron chi connectivity index (χ4n) is 2.56. The van der Waals surface area contributed by atoms with Crippen molar-refractivity contribution in [2.24, 2.45) is 0 Å². The van der Waals surface area contributed by atoms with Crippen LogP contribution in [-0.4, -0.2) is 19.9 Å². The molecule has 2 aromatic rings. The Morgan fingerprint density at radius 1 is 1.14 bits per heavy atom. The van der Waals surface area contributed by atoms with E-state index in [1.165, 1.54) is 21.6 Å². The number of benzene rings is 2. The summed E-state index contributed by atoms with van der Waals surface area (Å²) >= 11 is 1.78. The second-order valence-corrected chi connectivity index (χ2v) is 5.79. The minimum atomic E-state index is 0.134. The summed E-state index contributed by atoms with van der Waals surface area (Å²) in [5.41, 5.74) is 3.73. The molecule has 0 saturated heterocycles. The van der Waals surface area contributed by atoms with Gasteiger partial charge < -0.3 is 10.1 Å². The maximum absolute atomic E-state index is 5.82. The van der Waals surface area contributed by atoms with Crippen molar-refractivity contribution in [1.82, 2.24) is 5.32 Å². The Morgan fingerprint density at radius 3 is 2.57 bits per heavy atom. The van der Waals surface area contributed by atoms with Crippen LogP contribution >= 0.6 is 11.8 Å². The molecule has 1 unspecified atom stereocenters. The Balaban J connectivity index is 2.53. The van der Waals surface area contributed by atoms with Crippen LogP contribution in [0, 0.1) is 6.92 Å². The molecule has 1 atom stereocenters. The molecule has 0 spiro atoms. The summed E-state index contributed by atoms with van der Waals surface area (Å²) in [7, 11) is 2.00. The predicted octanol–water partition coefficient (Wildman–Crippen LogP) is 4.42. The van der Waals surface area contributed by atoms with E-state index in [9.17, 15) is 0 Å². The van der Waals surface area contributed by atoms with Gasteiger partial charge in [-0.3, -0.25) is 0 Å². The third-order valence-electron chi connectivity index (χ3n) is 3.51. The molecule has 0 aliphatic rings. The van der Waals surface area contributed by atoms with Gasteiger partial charge in [-0.25, -0.2) is 0 Å². The molecule has 0 heterocycles. The summed E-state index contributed by atoms with van der Waals surface area (Å²) in [6, 6.07) is 15.0. The third kappa shape index (κ3) is 3.60. The van der Waals surface area contributed by atoms with Gasteiger partial charge in [0.2, 0.25) is 0 Å². The smallest absolute Gasteiger partial charge is 0.124 e. The van der Waals surface area contributed by atoms with Crippen molar-refractivity contribution in [2.75, 3.05) is 19.9 Å². The summed E-state index contributed by atoms with van der Waals surface area (Å²) in [5, 5.41) is 3.44. The summed E-state index contributed by atoms with van der Waals surface area (Å²) in [6.45, 7) is 4.82. The zero-order chi connectivity index (χ0) is 15.2. The number of nitrogens with one attached hydrogen (secondary N) is 1. The largest absolute Gasteiger partial charge is 0.494 e. The highest BCUT2D eigenvalue weighted by Gasteiger charge is 2.19. The second kappa shape index (κ2) is 7.53. The van der Waals surface area contributed by atoms with Gasteiger partial charge in [0.15, 0.2) is 0 Å². The summed E-state index contributed by atoms with van der Waals surface area (Å²) in [6.07, 6.45) is 2.12. The molecule has 0 aliphatic heterocycles. The molecular weight excluding hydrogens is 278 g/mol. The van der Waals surface area contributed by atoms with E-state index in [4.69, 9.17) is 4.74 Å². The fraction of sp³-hybridized carbons (Fsp3) is 0.333. The van der Waals surface area contributed by atoms with Gasteiger partial charge in [-0.2, -0.15) is 0 Å². The Hall–Kier alpha value is -1.45. The average Bonchev–Trinajstić information content (AvgIpc) is 2.51. The number of thioether (sulfide) groups is 1. The van der Waals surface area contributed by atoms with Crippen LogP contribution in [0.1, 0.15) is 29.7 Å². The first-order chi connectivity index (χ1) is 10.2. The van der Waals surface area contributed by atoms with Crippen molar-refractivity contribution < 1.29 is 4.74 Å². The van der Waals surface area contributed by atoms with Crippen LogP contribution in [0.15, 0.2) is 47.4 Å². The molecule has 0 aliphatic carbocycles. The number of ether oxygens (including phenoxy) is 1. The first-order valence-electron chi connectivity index (χ1n) is 7.24. The first kappa shape index (κ1) is 15.9.